The maximum Gasteiger partial charge on any atom is 0.202 e. The van der Waals surface area contributed by atoms with Gasteiger partial charge in [0.15, 0.2) is 12.2 Å². The average molecular weight is 318 g/mol. The number of carbonyl (C=O) groups is 1. The first-order valence-electron chi connectivity index (χ1n) is 6.73. The molecule has 23 heavy (non-hydrogen) atoms. The molecule has 0 saturated heterocycles. The number of aromatic hydroxyl groups is 3. The molecule has 0 saturated carbocycles. The lowest BCUT2D eigenvalue weighted by atomic mass is 9.92. The molecule has 0 fully saturated rings. The Hall–Kier alpha value is -2.93. The number of ketones is 1. The summed E-state index contributed by atoms with van der Waals surface area (Å²) in [5.74, 6) is -1.14. The summed E-state index contributed by atoms with van der Waals surface area (Å²) in [6, 6.07) is 6.13. The fraction of sp³-hybridized carbons (Fsp3) is 0.188. The van der Waals surface area contributed by atoms with Crippen molar-refractivity contribution in [2.24, 2.45) is 0 Å². The Kier molecular flexibility index (Phi) is 3.49. The van der Waals surface area contributed by atoms with Gasteiger partial charge in [0.05, 0.1) is 7.11 Å². The van der Waals surface area contributed by atoms with Gasteiger partial charge in [-0.05, 0) is 12.1 Å². The predicted molar refractivity (Wildman–Crippen MR) is 78.1 cm³/mol. The predicted octanol–water partition coefficient (Wildman–Crippen LogP) is 1.49. The number of aliphatic hydroxyl groups is 1. The second-order valence-corrected chi connectivity index (χ2v) is 5.15. The molecule has 1 aliphatic heterocycles. The van der Waals surface area contributed by atoms with E-state index in [-0.39, 0.29) is 39.9 Å². The second-order valence-electron chi connectivity index (χ2n) is 5.15. The number of Topliss-reactive ketones (excluding diaryl/α,β-unsaturated/α-hetero) is 1. The number of aliphatic hydroxyl groups excluding tert-OH is 1. The summed E-state index contributed by atoms with van der Waals surface area (Å²) in [6.07, 6.45) is -2.69. The minimum atomic E-state index is -1.55. The molecule has 0 aliphatic carbocycles. The summed E-state index contributed by atoms with van der Waals surface area (Å²) in [5.41, 5.74) is 0.245. The highest BCUT2D eigenvalue weighted by atomic mass is 16.5. The molecular formula is C16H14O7. The third-order valence-corrected chi connectivity index (χ3v) is 3.58. The number of hydrogen-bond donors (Lipinski definition) is 4. The molecule has 0 aromatic heterocycles. The maximum atomic E-state index is 12.4. The van der Waals surface area contributed by atoms with Gasteiger partial charge < -0.3 is 29.9 Å². The molecule has 0 radical (unpaired) electrons. The van der Waals surface area contributed by atoms with E-state index in [4.69, 9.17) is 9.47 Å². The van der Waals surface area contributed by atoms with Crippen LogP contribution in [-0.2, 0) is 0 Å². The standard InChI is InChI=1S/C16H14O7/c1-22-11-5-10(19)6-12-13(11)14(20)15(21)16(23-12)7-2-8(17)4-9(18)3-7/h2-6,15-19,21H,1H3/t15-,16+/m0/s1. The zero-order valence-electron chi connectivity index (χ0n) is 12.1. The lowest BCUT2D eigenvalue weighted by Crippen LogP contribution is -2.36. The van der Waals surface area contributed by atoms with Gasteiger partial charge in [-0.25, -0.2) is 0 Å². The molecule has 2 atom stereocenters. The molecule has 7 nitrogen and oxygen atoms in total. The van der Waals surface area contributed by atoms with Gasteiger partial charge in [-0.1, -0.05) is 0 Å². The Balaban J connectivity index is 2.11. The van der Waals surface area contributed by atoms with Gasteiger partial charge >= 0.3 is 0 Å². The zero-order chi connectivity index (χ0) is 16.7. The Morgan fingerprint density at radius 3 is 2.22 bits per heavy atom. The van der Waals surface area contributed by atoms with E-state index >= 15 is 0 Å². The van der Waals surface area contributed by atoms with E-state index in [2.05, 4.69) is 0 Å². The summed E-state index contributed by atoms with van der Waals surface area (Å²) in [5, 5.41) is 39.0. The van der Waals surface area contributed by atoms with Crippen molar-refractivity contribution in [3.63, 3.8) is 0 Å². The topological polar surface area (TPSA) is 116 Å². The van der Waals surface area contributed by atoms with Gasteiger partial charge in [0.25, 0.3) is 0 Å². The number of methoxy groups -OCH3 is 1. The number of phenols is 3. The number of hydrogen-bond acceptors (Lipinski definition) is 7. The van der Waals surface area contributed by atoms with E-state index in [9.17, 15) is 25.2 Å². The highest BCUT2D eigenvalue weighted by molar-refractivity contribution is 6.05. The molecule has 2 aromatic carbocycles. The van der Waals surface area contributed by atoms with Crippen molar-refractivity contribution in [3.8, 4) is 28.7 Å². The number of rotatable bonds is 2. The van der Waals surface area contributed by atoms with Crippen molar-refractivity contribution in [1.29, 1.82) is 0 Å². The minimum Gasteiger partial charge on any atom is -0.508 e. The summed E-state index contributed by atoms with van der Waals surface area (Å²) < 4.78 is 10.6. The maximum absolute atomic E-state index is 12.4. The number of phenolic OH excluding ortho intramolecular Hbond substituents is 3. The fourth-order valence-electron chi connectivity index (χ4n) is 2.59. The van der Waals surface area contributed by atoms with Crippen molar-refractivity contribution in [3.05, 3.63) is 41.5 Å². The van der Waals surface area contributed by atoms with E-state index in [1.165, 1.54) is 31.4 Å². The van der Waals surface area contributed by atoms with Gasteiger partial charge in [-0.3, -0.25) is 4.79 Å². The molecule has 0 unspecified atom stereocenters. The minimum absolute atomic E-state index is 0.0263. The van der Waals surface area contributed by atoms with Gasteiger partial charge in [0, 0.05) is 23.8 Å². The second kappa shape index (κ2) is 5.36. The Morgan fingerprint density at radius 1 is 1.00 bits per heavy atom. The number of benzene rings is 2. The monoisotopic (exact) mass is 318 g/mol. The summed E-state index contributed by atoms with van der Waals surface area (Å²) >= 11 is 0. The largest absolute Gasteiger partial charge is 0.508 e. The molecule has 0 spiro atoms. The molecule has 4 N–H and O–H groups in total. The van der Waals surface area contributed by atoms with Crippen LogP contribution in [0.4, 0.5) is 0 Å². The highest BCUT2D eigenvalue weighted by Crippen LogP contribution is 2.43. The third kappa shape index (κ3) is 2.51. The zero-order valence-corrected chi connectivity index (χ0v) is 12.1. The Morgan fingerprint density at radius 2 is 1.61 bits per heavy atom. The van der Waals surface area contributed by atoms with Crippen LogP contribution < -0.4 is 9.47 Å². The molecule has 1 heterocycles. The molecule has 3 rings (SSSR count). The summed E-state index contributed by atoms with van der Waals surface area (Å²) in [6.45, 7) is 0. The van der Waals surface area contributed by atoms with Crippen LogP contribution >= 0.6 is 0 Å². The smallest absolute Gasteiger partial charge is 0.202 e. The summed E-state index contributed by atoms with van der Waals surface area (Å²) in [4.78, 5) is 12.4. The quantitative estimate of drug-likeness (QED) is 0.663. The fourth-order valence-corrected chi connectivity index (χ4v) is 2.59. The van der Waals surface area contributed by atoms with Crippen LogP contribution in [0.1, 0.15) is 22.0 Å². The van der Waals surface area contributed by atoms with Crippen LogP contribution in [0.15, 0.2) is 30.3 Å². The first-order valence-corrected chi connectivity index (χ1v) is 6.73. The first-order chi connectivity index (χ1) is 10.9. The molecule has 1 aliphatic rings. The van der Waals surface area contributed by atoms with Crippen molar-refractivity contribution >= 4 is 5.78 Å². The van der Waals surface area contributed by atoms with Crippen LogP contribution in [0.5, 0.6) is 28.7 Å². The molecule has 2 aromatic rings. The molecule has 0 bridgehead atoms. The van der Waals surface area contributed by atoms with Crippen LogP contribution in [0.3, 0.4) is 0 Å². The first kappa shape index (κ1) is 15.0. The highest BCUT2D eigenvalue weighted by Gasteiger charge is 2.39. The van der Waals surface area contributed by atoms with Gasteiger partial charge in [0.1, 0.15) is 34.3 Å². The van der Waals surface area contributed by atoms with Crippen molar-refractivity contribution in [2.45, 2.75) is 12.2 Å². The number of carbonyl (C=O) groups excluding carboxylic acids is 1. The van der Waals surface area contributed by atoms with E-state index in [1.54, 1.807) is 0 Å². The van der Waals surface area contributed by atoms with Gasteiger partial charge in [-0.2, -0.15) is 0 Å². The van der Waals surface area contributed by atoms with E-state index in [0.29, 0.717) is 0 Å². The molecular weight excluding hydrogens is 304 g/mol. The molecule has 120 valence electrons. The van der Waals surface area contributed by atoms with Crippen LogP contribution in [0.25, 0.3) is 0 Å². The third-order valence-electron chi connectivity index (χ3n) is 3.58. The van der Waals surface area contributed by atoms with E-state index in [1.807, 2.05) is 0 Å². The van der Waals surface area contributed by atoms with E-state index < -0.39 is 18.0 Å². The lowest BCUT2D eigenvalue weighted by molar-refractivity contribution is 0.0209. The summed E-state index contributed by atoms with van der Waals surface area (Å²) in [7, 11) is 1.33. The lowest BCUT2D eigenvalue weighted by Gasteiger charge is -2.30. The SMILES string of the molecule is COc1cc(O)cc2c1C(=O)[C@H](O)[C@@H](c1cc(O)cc(O)c1)O2. The van der Waals surface area contributed by atoms with Gasteiger partial charge in [0.2, 0.25) is 5.78 Å². The normalized spacial score (nSPS) is 19.8. The van der Waals surface area contributed by atoms with Gasteiger partial charge in [-0.15, -0.1) is 0 Å². The Bertz CT molecular complexity index is 764. The van der Waals surface area contributed by atoms with Crippen molar-refractivity contribution in [2.75, 3.05) is 7.11 Å². The van der Waals surface area contributed by atoms with Crippen LogP contribution in [0.2, 0.25) is 0 Å². The van der Waals surface area contributed by atoms with Crippen LogP contribution in [-0.4, -0.2) is 39.4 Å². The van der Waals surface area contributed by atoms with Crippen molar-refractivity contribution in [1.82, 2.24) is 0 Å². The molecule has 0 amide bonds. The number of fused-ring (bicyclic) bond motifs is 1. The molecule has 7 heteroatoms. The van der Waals surface area contributed by atoms with Crippen LogP contribution in [0, 0.1) is 0 Å². The van der Waals surface area contributed by atoms with E-state index in [0.717, 1.165) is 6.07 Å². The van der Waals surface area contributed by atoms with Crippen molar-refractivity contribution < 1.29 is 34.7 Å². The number of ether oxygens (including phenoxy) is 2. The average Bonchev–Trinajstić information content (AvgIpc) is 2.48. The Labute approximate surface area is 131 Å².